The van der Waals surface area contributed by atoms with Crippen LogP contribution in [0.25, 0.3) is 10.1 Å². The Morgan fingerprint density at radius 1 is 1.04 bits per heavy atom. The summed E-state index contributed by atoms with van der Waals surface area (Å²) in [6.45, 7) is 8.24. The Labute approximate surface area is 165 Å². The standard InChI is InChI=1S/C19H27N3O3S2/c1-15-11-22(12-16(2)25-15)27(23,24)21-9-7-20(8-10-21)13-17-14-26-19-6-4-3-5-18(17)19/h3-6,14-16H,7-13H2,1-2H3. The minimum Gasteiger partial charge on any atom is -0.373 e. The van der Waals surface area contributed by atoms with Gasteiger partial charge in [-0.3, -0.25) is 4.90 Å². The number of piperazine rings is 1. The molecule has 1 aromatic carbocycles. The lowest BCUT2D eigenvalue weighted by atomic mass is 10.1. The fourth-order valence-electron chi connectivity index (χ4n) is 4.00. The molecular formula is C19H27N3O3S2. The van der Waals surface area contributed by atoms with Crippen LogP contribution in [0.3, 0.4) is 0 Å². The second kappa shape index (κ2) is 7.77. The number of fused-ring (bicyclic) bond motifs is 1. The van der Waals surface area contributed by atoms with E-state index < -0.39 is 10.2 Å². The number of hydrogen-bond donors (Lipinski definition) is 0. The summed E-state index contributed by atoms with van der Waals surface area (Å²) in [7, 11) is -3.41. The monoisotopic (exact) mass is 409 g/mol. The first-order valence-electron chi connectivity index (χ1n) is 9.51. The summed E-state index contributed by atoms with van der Waals surface area (Å²) in [6, 6.07) is 8.47. The molecule has 0 amide bonds. The molecule has 2 aliphatic heterocycles. The fraction of sp³-hybridized carbons (Fsp3) is 0.579. The molecule has 3 heterocycles. The molecule has 2 aromatic rings. The second-order valence-corrected chi connectivity index (χ2v) is 10.4. The van der Waals surface area contributed by atoms with E-state index in [-0.39, 0.29) is 12.2 Å². The van der Waals surface area contributed by atoms with E-state index in [0.29, 0.717) is 26.2 Å². The van der Waals surface area contributed by atoms with Gasteiger partial charge < -0.3 is 4.74 Å². The highest BCUT2D eigenvalue weighted by atomic mass is 32.2. The van der Waals surface area contributed by atoms with Gasteiger partial charge in [-0.25, -0.2) is 0 Å². The smallest absolute Gasteiger partial charge is 0.282 e. The molecule has 2 atom stereocenters. The summed E-state index contributed by atoms with van der Waals surface area (Å²) in [5.74, 6) is 0. The van der Waals surface area contributed by atoms with Crippen molar-refractivity contribution in [1.29, 1.82) is 0 Å². The minimum absolute atomic E-state index is 0.0586. The Morgan fingerprint density at radius 2 is 1.70 bits per heavy atom. The van der Waals surface area contributed by atoms with E-state index in [9.17, 15) is 8.42 Å². The second-order valence-electron chi connectivity index (χ2n) is 7.51. The molecule has 0 spiro atoms. The van der Waals surface area contributed by atoms with Crippen molar-refractivity contribution in [3.63, 3.8) is 0 Å². The molecular weight excluding hydrogens is 382 g/mol. The van der Waals surface area contributed by atoms with Gasteiger partial charge in [0, 0.05) is 50.5 Å². The average molecular weight is 410 g/mol. The number of morpholine rings is 1. The topological polar surface area (TPSA) is 53.1 Å². The van der Waals surface area contributed by atoms with Gasteiger partial charge in [0.25, 0.3) is 10.2 Å². The highest BCUT2D eigenvalue weighted by Crippen LogP contribution is 2.27. The van der Waals surface area contributed by atoms with Crippen LogP contribution in [0.5, 0.6) is 0 Å². The van der Waals surface area contributed by atoms with Crippen LogP contribution in [0.1, 0.15) is 19.4 Å². The number of nitrogens with zero attached hydrogens (tertiary/aromatic N) is 3. The van der Waals surface area contributed by atoms with Crippen molar-refractivity contribution in [3.05, 3.63) is 35.2 Å². The van der Waals surface area contributed by atoms with Crippen LogP contribution in [-0.4, -0.2) is 73.4 Å². The van der Waals surface area contributed by atoms with Crippen molar-refractivity contribution in [1.82, 2.24) is 13.5 Å². The highest BCUT2D eigenvalue weighted by Gasteiger charge is 2.36. The molecule has 2 unspecified atom stereocenters. The van der Waals surface area contributed by atoms with Crippen LogP contribution in [0.15, 0.2) is 29.6 Å². The molecule has 2 saturated heterocycles. The predicted octanol–water partition coefficient (Wildman–Crippen LogP) is 2.37. The van der Waals surface area contributed by atoms with E-state index in [0.717, 1.165) is 19.6 Å². The van der Waals surface area contributed by atoms with Crippen molar-refractivity contribution in [3.8, 4) is 0 Å². The zero-order chi connectivity index (χ0) is 19.0. The highest BCUT2D eigenvalue weighted by molar-refractivity contribution is 7.86. The average Bonchev–Trinajstić information content (AvgIpc) is 3.04. The molecule has 6 nitrogen and oxygen atoms in total. The summed E-state index contributed by atoms with van der Waals surface area (Å²) in [5.41, 5.74) is 1.34. The number of ether oxygens (including phenoxy) is 1. The lowest BCUT2D eigenvalue weighted by molar-refractivity contribution is -0.0457. The summed E-state index contributed by atoms with van der Waals surface area (Å²) >= 11 is 1.77. The van der Waals surface area contributed by atoms with E-state index in [1.54, 1.807) is 19.9 Å². The summed E-state index contributed by atoms with van der Waals surface area (Å²) in [6.07, 6.45) is -0.117. The molecule has 0 aliphatic carbocycles. The fourth-order valence-corrected chi connectivity index (χ4v) is 6.70. The lowest BCUT2D eigenvalue weighted by Crippen LogP contribution is -2.56. The first-order valence-corrected chi connectivity index (χ1v) is 11.8. The molecule has 2 fully saturated rings. The van der Waals surface area contributed by atoms with E-state index in [4.69, 9.17) is 4.74 Å². The van der Waals surface area contributed by atoms with E-state index in [1.807, 2.05) is 13.8 Å². The maximum absolute atomic E-state index is 13.0. The van der Waals surface area contributed by atoms with Gasteiger partial charge in [-0.1, -0.05) is 18.2 Å². The van der Waals surface area contributed by atoms with Gasteiger partial charge in [0.05, 0.1) is 12.2 Å². The van der Waals surface area contributed by atoms with E-state index in [1.165, 1.54) is 15.6 Å². The predicted molar refractivity (Wildman–Crippen MR) is 109 cm³/mol. The van der Waals surface area contributed by atoms with Crippen LogP contribution in [0.4, 0.5) is 0 Å². The zero-order valence-electron chi connectivity index (χ0n) is 15.9. The molecule has 0 saturated carbocycles. The Hall–Kier alpha value is -1.03. The molecule has 148 valence electrons. The Kier molecular flexibility index (Phi) is 5.55. The Morgan fingerprint density at radius 3 is 2.41 bits per heavy atom. The van der Waals surface area contributed by atoms with Crippen molar-refractivity contribution < 1.29 is 13.2 Å². The number of rotatable bonds is 4. The third-order valence-corrected chi connectivity index (χ3v) is 8.31. The molecule has 0 bridgehead atoms. The number of benzene rings is 1. The van der Waals surface area contributed by atoms with Crippen LogP contribution in [0, 0.1) is 0 Å². The molecule has 27 heavy (non-hydrogen) atoms. The Bertz CT molecular complexity index is 880. The maximum atomic E-state index is 13.0. The van der Waals surface area contributed by atoms with Crippen LogP contribution in [0.2, 0.25) is 0 Å². The largest absolute Gasteiger partial charge is 0.373 e. The third kappa shape index (κ3) is 4.06. The van der Waals surface area contributed by atoms with Gasteiger partial charge in [-0.15, -0.1) is 11.3 Å². The summed E-state index contributed by atoms with van der Waals surface area (Å²) in [4.78, 5) is 2.35. The van der Waals surface area contributed by atoms with Crippen molar-refractivity contribution >= 4 is 31.6 Å². The SMILES string of the molecule is CC1CN(S(=O)(=O)N2CCN(Cc3csc4ccccc34)CC2)CC(C)O1. The van der Waals surface area contributed by atoms with Crippen LogP contribution >= 0.6 is 11.3 Å². The van der Waals surface area contributed by atoms with Gasteiger partial charge in [0.1, 0.15) is 0 Å². The number of hydrogen-bond acceptors (Lipinski definition) is 5. The van der Waals surface area contributed by atoms with Crippen molar-refractivity contribution in [2.75, 3.05) is 39.3 Å². The van der Waals surface area contributed by atoms with Gasteiger partial charge in [0.2, 0.25) is 0 Å². The van der Waals surface area contributed by atoms with Crippen LogP contribution in [-0.2, 0) is 21.5 Å². The summed E-state index contributed by atoms with van der Waals surface area (Å²) < 4.78 is 36.2. The third-order valence-electron chi connectivity index (χ3n) is 5.33. The normalized spacial score (nSPS) is 26.6. The van der Waals surface area contributed by atoms with Gasteiger partial charge in [-0.05, 0) is 36.2 Å². The quantitative estimate of drug-likeness (QED) is 0.778. The summed E-state index contributed by atoms with van der Waals surface area (Å²) in [5, 5.41) is 3.54. The maximum Gasteiger partial charge on any atom is 0.282 e. The Balaban J connectivity index is 1.38. The first-order chi connectivity index (χ1) is 12.9. The van der Waals surface area contributed by atoms with Crippen molar-refractivity contribution in [2.24, 2.45) is 0 Å². The number of thiophene rings is 1. The van der Waals surface area contributed by atoms with Crippen LogP contribution < -0.4 is 0 Å². The van der Waals surface area contributed by atoms with Crippen molar-refractivity contribution in [2.45, 2.75) is 32.6 Å². The molecule has 1 aromatic heterocycles. The zero-order valence-corrected chi connectivity index (χ0v) is 17.5. The van der Waals surface area contributed by atoms with Gasteiger partial charge in [-0.2, -0.15) is 17.0 Å². The molecule has 2 aliphatic rings. The lowest BCUT2D eigenvalue weighted by Gasteiger charge is -2.40. The minimum atomic E-state index is -3.41. The molecule has 0 radical (unpaired) electrons. The molecule has 0 N–H and O–H groups in total. The molecule has 8 heteroatoms. The van der Waals surface area contributed by atoms with Gasteiger partial charge >= 0.3 is 0 Å². The van der Waals surface area contributed by atoms with Gasteiger partial charge in [0.15, 0.2) is 0 Å². The molecule has 4 rings (SSSR count). The van der Waals surface area contributed by atoms with E-state index in [2.05, 4.69) is 34.5 Å². The first kappa shape index (κ1) is 19.3. The van der Waals surface area contributed by atoms with E-state index >= 15 is 0 Å².